The van der Waals surface area contributed by atoms with Crippen LogP contribution in [0.4, 0.5) is 17.1 Å². The fourth-order valence-electron chi connectivity index (χ4n) is 7.25. The van der Waals surface area contributed by atoms with Gasteiger partial charge in [0.15, 0.2) is 5.78 Å². The summed E-state index contributed by atoms with van der Waals surface area (Å²) in [5, 5.41) is 14.3. The van der Waals surface area contributed by atoms with Gasteiger partial charge in [0.1, 0.15) is 5.76 Å². The Hall–Kier alpha value is -3.83. The number of carbonyl (C=O) groups excluding carboxylic acids is 1. The smallest absolute Gasteiger partial charge is 0.164 e. The fraction of sp³-hybridized carbons (Fsp3) is 0.318. The molecule has 4 aromatic carbocycles. The van der Waals surface area contributed by atoms with Crippen molar-refractivity contribution in [3.63, 3.8) is 0 Å². The summed E-state index contributed by atoms with van der Waals surface area (Å²) in [6.07, 6.45) is 4.75. The molecule has 0 atom stereocenters. The summed E-state index contributed by atoms with van der Waals surface area (Å²) in [5.74, 6) is 0.286. The Morgan fingerprint density at radius 3 is 2.08 bits per heavy atom. The van der Waals surface area contributed by atoms with Crippen LogP contribution in [0, 0.1) is 16.9 Å². The van der Waals surface area contributed by atoms with Crippen molar-refractivity contribution in [3.05, 3.63) is 109 Å². The maximum atomic E-state index is 12.2. The number of hydrogen-bond acceptors (Lipinski definition) is 4. The van der Waals surface area contributed by atoms with E-state index in [1.54, 1.807) is 0 Å². The molecule has 7 rings (SSSR count). The van der Waals surface area contributed by atoms with E-state index in [0.717, 1.165) is 59.2 Å². The van der Waals surface area contributed by atoms with Gasteiger partial charge in [0.05, 0.1) is 13.6 Å². The topological polar surface area (TPSA) is 53.4 Å². The molecule has 2 aliphatic rings. The number of aromatic nitrogens is 1. The van der Waals surface area contributed by atoms with E-state index in [-0.39, 0.29) is 42.5 Å². The first-order chi connectivity index (χ1) is 23.4. The van der Waals surface area contributed by atoms with Gasteiger partial charge in [-0.15, -0.1) is 28.9 Å². The average Bonchev–Trinajstić information content (AvgIpc) is 3.30. The zero-order valence-corrected chi connectivity index (χ0v) is 34.0. The first kappa shape index (κ1) is 37.4. The number of allylic oxidation sites excluding steroid dienone is 2. The number of aliphatic hydroxyl groups is 1. The van der Waals surface area contributed by atoms with E-state index in [9.17, 15) is 9.90 Å². The number of nitrogens with zero attached hydrogens (tertiary/aromatic N) is 2. The number of aliphatic hydroxyl groups excluding tert-OH is 1. The van der Waals surface area contributed by atoms with Gasteiger partial charge in [-0.25, -0.2) is 0 Å². The summed E-state index contributed by atoms with van der Waals surface area (Å²) in [7, 11) is -1.81. The van der Waals surface area contributed by atoms with Crippen LogP contribution in [0.15, 0.2) is 103 Å². The number of fused-ring (bicyclic) bond motifs is 3. The molecule has 50 heavy (non-hydrogen) atoms. The molecule has 1 aromatic heterocycles. The quantitative estimate of drug-likeness (QED) is 0.0717. The van der Waals surface area contributed by atoms with Crippen molar-refractivity contribution in [2.75, 3.05) is 4.90 Å². The third-order valence-electron chi connectivity index (χ3n) is 11.7. The van der Waals surface area contributed by atoms with Gasteiger partial charge < -0.3 is 10.0 Å². The monoisotopic (exact) mass is 858 g/mol. The van der Waals surface area contributed by atoms with Crippen molar-refractivity contribution in [2.24, 2.45) is 10.8 Å². The number of ketones is 1. The Morgan fingerprint density at radius 2 is 1.42 bits per heavy atom. The number of benzene rings is 4. The van der Waals surface area contributed by atoms with Gasteiger partial charge in [0.25, 0.3) is 0 Å². The number of para-hydroxylation sites is 2. The standard InChI is InChI=1S/C29H21N2Si.C15H28O2.Ir/c1-32(2)25-16-8-13-21-27(25)28-23(15-9-17-26(28)32)31(20-11-4-3-5-12-20)24-18-19-10-6-7-14-22(19)30-29(21)24;1-7-14(5,8-2)12(16)11-13(17)15(6,9-3)10-4;/h3-12,14-18H,1-2H3;11,16H,7-10H2,1-6H3;/q-1;;/b;12-11-;. The Labute approximate surface area is 313 Å². The first-order valence-corrected chi connectivity index (χ1v) is 20.8. The average molecular weight is 858 g/mol. The number of hydrogen-bond donors (Lipinski definition) is 1. The van der Waals surface area contributed by atoms with Crippen LogP contribution in [0.2, 0.25) is 13.1 Å². The van der Waals surface area contributed by atoms with Crippen LogP contribution in [-0.2, 0) is 24.9 Å². The van der Waals surface area contributed by atoms with Gasteiger partial charge >= 0.3 is 0 Å². The van der Waals surface area contributed by atoms with Crippen LogP contribution in [0.3, 0.4) is 0 Å². The predicted octanol–water partition coefficient (Wildman–Crippen LogP) is 10.9. The molecule has 0 saturated carbocycles. The van der Waals surface area contributed by atoms with E-state index in [1.165, 1.54) is 33.3 Å². The summed E-state index contributed by atoms with van der Waals surface area (Å²) in [6, 6.07) is 36.2. The number of rotatable bonds is 8. The SMILES string of the molecule is CCC(C)(CC)C(=O)/C=C(\O)C(C)(CC)CC.C[Si]1(C)c2cc[c-]c3c2-c2c(cccc21)N(c1ccccc1)c1cc2ccccc2nc1-3.[Ir]. The van der Waals surface area contributed by atoms with Gasteiger partial charge in [-0.05, 0) is 61.6 Å². The van der Waals surface area contributed by atoms with Crippen molar-refractivity contribution in [3.8, 4) is 22.4 Å². The molecule has 0 fully saturated rings. The fourth-order valence-corrected chi connectivity index (χ4v) is 10.3. The molecule has 4 nitrogen and oxygen atoms in total. The second kappa shape index (κ2) is 14.4. The van der Waals surface area contributed by atoms with Gasteiger partial charge in [0, 0.05) is 65.2 Å². The predicted molar refractivity (Wildman–Crippen MR) is 210 cm³/mol. The molecular formula is C44H49IrN2O2Si-. The Kier molecular flexibility index (Phi) is 10.8. The summed E-state index contributed by atoms with van der Waals surface area (Å²) >= 11 is 0. The second-order valence-corrected chi connectivity index (χ2v) is 18.9. The van der Waals surface area contributed by atoms with Gasteiger partial charge in [-0.3, -0.25) is 9.78 Å². The van der Waals surface area contributed by atoms with Gasteiger partial charge in [-0.2, -0.15) is 0 Å². The molecular weight excluding hydrogens is 809 g/mol. The van der Waals surface area contributed by atoms with E-state index in [2.05, 4.69) is 115 Å². The Morgan fingerprint density at radius 1 is 0.800 bits per heavy atom. The molecule has 0 unspecified atom stereocenters. The first-order valence-electron chi connectivity index (χ1n) is 17.8. The number of carbonyl (C=O) groups is 1. The van der Waals surface area contributed by atoms with Crippen LogP contribution in [0.25, 0.3) is 33.3 Å². The summed E-state index contributed by atoms with van der Waals surface area (Å²) in [6.45, 7) is 17.0. The Bertz CT molecular complexity index is 2060. The van der Waals surface area contributed by atoms with Crippen molar-refractivity contribution in [2.45, 2.75) is 80.3 Å². The minimum atomic E-state index is -1.81. The minimum absolute atomic E-state index is 0. The van der Waals surface area contributed by atoms with E-state index in [1.807, 2.05) is 41.5 Å². The normalized spacial score (nSPS) is 14.2. The molecule has 0 bridgehead atoms. The largest absolute Gasteiger partial charge is 0.512 e. The van der Waals surface area contributed by atoms with E-state index >= 15 is 0 Å². The molecule has 6 heteroatoms. The van der Waals surface area contributed by atoms with Crippen molar-refractivity contribution in [1.82, 2.24) is 4.98 Å². The number of anilines is 3. The summed E-state index contributed by atoms with van der Waals surface area (Å²) in [4.78, 5) is 19.8. The third-order valence-corrected chi connectivity index (χ3v) is 15.2. The summed E-state index contributed by atoms with van der Waals surface area (Å²) in [5.41, 5.74) is 8.78. The van der Waals surface area contributed by atoms with Crippen LogP contribution in [0.1, 0.15) is 67.2 Å². The van der Waals surface area contributed by atoms with Crippen LogP contribution in [-0.4, -0.2) is 23.9 Å². The maximum Gasteiger partial charge on any atom is 0.164 e. The molecule has 2 aliphatic heterocycles. The van der Waals surface area contributed by atoms with Gasteiger partial charge in [0.2, 0.25) is 0 Å². The van der Waals surface area contributed by atoms with E-state index in [0.29, 0.717) is 0 Å². The molecule has 1 N–H and O–H groups in total. The van der Waals surface area contributed by atoms with E-state index in [4.69, 9.17) is 4.98 Å². The molecule has 5 aromatic rings. The molecule has 1 radical (unpaired) electrons. The zero-order valence-electron chi connectivity index (χ0n) is 30.6. The zero-order chi connectivity index (χ0) is 35.1. The Balaban J connectivity index is 0.000000234. The second-order valence-electron chi connectivity index (χ2n) is 14.6. The maximum absolute atomic E-state index is 12.2. The molecule has 0 aliphatic carbocycles. The van der Waals surface area contributed by atoms with Crippen LogP contribution in [0.5, 0.6) is 0 Å². The van der Waals surface area contributed by atoms with Crippen LogP contribution >= 0.6 is 0 Å². The molecule has 0 saturated heterocycles. The van der Waals surface area contributed by atoms with Crippen molar-refractivity contribution < 1.29 is 30.0 Å². The molecule has 0 spiro atoms. The molecule has 3 heterocycles. The third kappa shape index (κ3) is 6.20. The number of pyridine rings is 1. The van der Waals surface area contributed by atoms with Crippen molar-refractivity contribution in [1.29, 1.82) is 0 Å². The summed E-state index contributed by atoms with van der Waals surface area (Å²) < 4.78 is 0. The molecule has 0 amide bonds. The minimum Gasteiger partial charge on any atom is -0.512 e. The van der Waals surface area contributed by atoms with Crippen molar-refractivity contribution >= 4 is 52.2 Å². The van der Waals surface area contributed by atoms with E-state index < -0.39 is 8.07 Å². The van der Waals surface area contributed by atoms with Crippen LogP contribution < -0.4 is 15.3 Å². The van der Waals surface area contributed by atoms with Gasteiger partial charge in [-0.1, -0.05) is 114 Å². The molecule has 261 valence electrons.